The molecule has 0 aromatic heterocycles. The molecule has 1 fully saturated rings. The first-order valence-electron chi connectivity index (χ1n) is 15.9. The average Bonchev–Trinajstić information content (AvgIpc) is 3.06. The van der Waals surface area contributed by atoms with Gasteiger partial charge >= 0.3 is 12.2 Å². The normalized spacial score (nSPS) is 14.6. The summed E-state index contributed by atoms with van der Waals surface area (Å²) < 4.78 is 10.9. The minimum atomic E-state index is -0.718. The molecule has 3 amide bonds. The number of nitriles is 1. The molecule has 0 saturated carbocycles. The fourth-order valence-electron chi connectivity index (χ4n) is 5.32. The Kier molecular flexibility index (Phi) is 11.7. The van der Waals surface area contributed by atoms with Crippen LogP contribution in [-0.4, -0.2) is 82.4 Å². The number of hydrogen-bond acceptors (Lipinski definition) is 7. The number of amides is 3. The number of carbonyl (C=O) groups excluding carboxylic acids is 3. The van der Waals surface area contributed by atoms with Gasteiger partial charge in [0.15, 0.2) is 0 Å². The first kappa shape index (κ1) is 35.4. The summed E-state index contributed by atoms with van der Waals surface area (Å²) in [5.74, 6) is -0.307. The highest BCUT2D eigenvalue weighted by Crippen LogP contribution is 2.27. The lowest BCUT2D eigenvalue weighted by atomic mass is 10.0. The van der Waals surface area contributed by atoms with Gasteiger partial charge < -0.3 is 19.3 Å². The first-order chi connectivity index (χ1) is 22.9. The minimum Gasteiger partial charge on any atom is -0.445 e. The molecule has 0 radical (unpaired) electrons. The van der Waals surface area contributed by atoms with Gasteiger partial charge in [0.05, 0.1) is 23.0 Å². The van der Waals surface area contributed by atoms with Crippen molar-refractivity contribution in [1.82, 2.24) is 14.7 Å². The summed E-state index contributed by atoms with van der Waals surface area (Å²) >= 11 is 0. The quantitative estimate of drug-likeness (QED) is 0.178. The predicted octanol–water partition coefficient (Wildman–Crippen LogP) is 6.71. The lowest BCUT2D eigenvalue weighted by Crippen LogP contribution is -2.61. The highest BCUT2D eigenvalue weighted by molar-refractivity contribution is 6.14. The highest BCUT2D eigenvalue weighted by Gasteiger charge is 2.38. The van der Waals surface area contributed by atoms with Crippen LogP contribution in [0.25, 0.3) is 0 Å². The Hall–Kier alpha value is -5.43. The van der Waals surface area contributed by atoms with Crippen LogP contribution in [0.15, 0.2) is 96.5 Å². The van der Waals surface area contributed by atoms with Crippen LogP contribution in [0.4, 0.5) is 15.3 Å². The van der Waals surface area contributed by atoms with E-state index >= 15 is 0 Å². The lowest BCUT2D eigenvalue weighted by molar-refractivity contribution is -0.140. The standard InChI is InChI=1S/C38H43N5O5/c1-7-20-47-36(45)41-24-32(25-42(27(2)3)37(46)48-38(4,5)6)43(34(44)26-41)23-28-18-19-31(22-39)33(21-28)40-35(29-14-10-8-11-15-29)30-16-12-9-13-17-30/h7-19,21,27,32H,1,20,23-26H2,2-6H3/t32-/m0/s1. The maximum absolute atomic E-state index is 13.7. The van der Waals surface area contributed by atoms with E-state index < -0.39 is 23.8 Å². The Morgan fingerprint density at radius 1 is 1.06 bits per heavy atom. The average molecular weight is 650 g/mol. The molecule has 10 heteroatoms. The van der Waals surface area contributed by atoms with Crippen LogP contribution < -0.4 is 0 Å². The largest absolute Gasteiger partial charge is 0.445 e. The van der Waals surface area contributed by atoms with E-state index in [2.05, 4.69) is 12.6 Å². The number of benzene rings is 3. The Labute approximate surface area is 282 Å². The van der Waals surface area contributed by atoms with E-state index in [1.54, 1.807) is 42.7 Å². The molecule has 1 heterocycles. The molecular formula is C38H43N5O5. The van der Waals surface area contributed by atoms with Crippen molar-refractivity contribution in [2.24, 2.45) is 4.99 Å². The van der Waals surface area contributed by atoms with Crippen molar-refractivity contribution in [2.45, 2.75) is 58.8 Å². The number of carbonyl (C=O) groups is 3. The van der Waals surface area contributed by atoms with Crippen LogP contribution in [0, 0.1) is 11.3 Å². The van der Waals surface area contributed by atoms with Crippen molar-refractivity contribution in [3.63, 3.8) is 0 Å². The predicted molar refractivity (Wildman–Crippen MR) is 185 cm³/mol. The van der Waals surface area contributed by atoms with Crippen molar-refractivity contribution < 1.29 is 23.9 Å². The molecule has 4 rings (SSSR count). The minimum absolute atomic E-state index is 0.0103. The number of piperazine rings is 1. The van der Waals surface area contributed by atoms with Crippen molar-refractivity contribution in [1.29, 1.82) is 5.26 Å². The second kappa shape index (κ2) is 15.9. The third-order valence-corrected chi connectivity index (χ3v) is 7.62. The van der Waals surface area contributed by atoms with E-state index in [1.165, 1.54) is 11.0 Å². The van der Waals surface area contributed by atoms with Crippen LogP contribution >= 0.6 is 0 Å². The molecule has 250 valence electrons. The van der Waals surface area contributed by atoms with Crippen LogP contribution in [0.5, 0.6) is 0 Å². The fourth-order valence-corrected chi connectivity index (χ4v) is 5.32. The van der Waals surface area contributed by atoms with Crippen molar-refractivity contribution in [3.8, 4) is 6.07 Å². The number of rotatable bonds is 10. The van der Waals surface area contributed by atoms with Crippen LogP contribution in [0.3, 0.4) is 0 Å². The molecule has 0 spiro atoms. The first-order valence-corrected chi connectivity index (χ1v) is 15.9. The monoisotopic (exact) mass is 649 g/mol. The smallest absolute Gasteiger partial charge is 0.410 e. The molecule has 3 aromatic carbocycles. The van der Waals surface area contributed by atoms with Crippen molar-refractivity contribution in [2.75, 3.05) is 26.2 Å². The topological polar surface area (TPSA) is 116 Å². The number of ether oxygens (including phenoxy) is 2. The zero-order chi connectivity index (χ0) is 34.8. The molecule has 1 saturated heterocycles. The lowest BCUT2D eigenvalue weighted by Gasteiger charge is -2.43. The maximum Gasteiger partial charge on any atom is 0.410 e. The van der Waals surface area contributed by atoms with E-state index in [1.807, 2.05) is 80.6 Å². The summed E-state index contributed by atoms with van der Waals surface area (Å²) in [5, 5.41) is 10.0. The molecule has 0 N–H and O–H groups in total. The van der Waals surface area contributed by atoms with E-state index in [-0.39, 0.29) is 44.7 Å². The van der Waals surface area contributed by atoms with Gasteiger partial charge in [0.25, 0.3) is 0 Å². The second-order valence-corrected chi connectivity index (χ2v) is 12.8. The molecule has 48 heavy (non-hydrogen) atoms. The van der Waals surface area contributed by atoms with Gasteiger partial charge in [-0.3, -0.25) is 9.69 Å². The van der Waals surface area contributed by atoms with Gasteiger partial charge in [-0.05, 0) is 52.3 Å². The van der Waals surface area contributed by atoms with Gasteiger partial charge in [-0.2, -0.15) is 5.26 Å². The van der Waals surface area contributed by atoms with Gasteiger partial charge in [0.1, 0.15) is 24.8 Å². The van der Waals surface area contributed by atoms with Gasteiger partial charge in [0.2, 0.25) is 5.91 Å². The van der Waals surface area contributed by atoms with E-state index in [4.69, 9.17) is 14.5 Å². The van der Waals surface area contributed by atoms with Gasteiger partial charge in [0, 0.05) is 36.8 Å². The Bertz CT molecular complexity index is 1630. The van der Waals surface area contributed by atoms with E-state index in [0.717, 1.165) is 16.7 Å². The second-order valence-electron chi connectivity index (χ2n) is 12.8. The summed E-state index contributed by atoms with van der Waals surface area (Å²) in [6.45, 7) is 13.0. The van der Waals surface area contributed by atoms with Crippen molar-refractivity contribution >= 4 is 29.5 Å². The molecule has 3 aromatic rings. The summed E-state index contributed by atoms with van der Waals surface area (Å²) in [4.78, 5) is 49.4. The summed E-state index contributed by atoms with van der Waals surface area (Å²) in [7, 11) is 0. The zero-order valence-corrected chi connectivity index (χ0v) is 28.3. The number of nitrogens with zero attached hydrogens (tertiary/aromatic N) is 5. The van der Waals surface area contributed by atoms with Gasteiger partial charge in [-0.1, -0.05) is 79.4 Å². The third-order valence-electron chi connectivity index (χ3n) is 7.62. The molecule has 10 nitrogen and oxygen atoms in total. The summed E-state index contributed by atoms with van der Waals surface area (Å²) in [5.41, 5.74) is 3.36. The van der Waals surface area contributed by atoms with Gasteiger partial charge in [-0.25, -0.2) is 14.6 Å². The van der Waals surface area contributed by atoms with Crippen LogP contribution in [0.1, 0.15) is 56.9 Å². The van der Waals surface area contributed by atoms with Crippen molar-refractivity contribution in [3.05, 3.63) is 114 Å². The molecule has 1 aliphatic rings. The van der Waals surface area contributed by atoms with Crippen LogP contribution in [0.2, 0.25) is 0 Å². The Morgan fingerprint density at radius 2 is 1.69 bits per heavy atom. The third kappa shape index (κ3) is 9.32. The van der Waals surface area contributed by atoms with Gasteiger partial charge in [-0.15, -0.1) is 0 Å². The molecule has 0 unspecified atom stereocenters. The molecule has 0 bridgehead atoms. The Morgan fingerprint density at radius 3 is 2.23 bits per heavy atom. The number of hydrogen-bond donors (Lipinski definition) is 0. The zero-order valence-electron chi connectivity index (χ0n) is 28.3. The molecule has 0 aliphatic carbocycles. The van der Waals surface area contributed by atoms with Crippen LogP contribution in [-0.2, 0) is 20.8 Å². The molecule has 1 atom stereocenters. The summed E-state index contributed by atoms with van der Waals surface area (Å²) in [6.07, 6.45) is 0.314. The summed E-state index contributed by atoms with van der Waals surface area (Å²) in [6, 6.07) is 26.2. The molecular weight excluding hydrogens is 606 g/mol. The Balaban J connectivity index is 1.71. The maximum atomic E-state index is 13.7. The van der Waals surface area contributed by atoms with E-state index in [9.17, 15) is 19.6 Å². The van der Waals surface area contributed by atoms with E-state index in [0.29, 0.717) is 17.0 Å². The number of aliphatic imine (C=N–C) groups is 1. The SMILES string of the molecule is C=CCOC(=O)N1CC(=O)N(Cc2ccc(C#N)c(N=C(c3ccccc3)c3ccccc3)c2)[C@H](CN(C(=O)OC(C)(C)C)C(C)C)C1. The highest BCUT2D eigenvalue weighted by atomic mass is 16.6. The fraction of sp³-hybridized carbons (Fsp3) is 0.342. The molecule has 1 aliphatic heterocycles.